The lowest BCUT2D eigenvalue weighted by molar-refractivity contribution is -0.126. The molecule has 0 bridgehead atoms. The van der Waals surface area contributed by atoms with Crippen molar-refractivity contribution in [3.8, 4) is 11.8 Å². The van der Waals surface area contributed by atoms with E-state index in [1.165, 1.54) is 10.4 Å². The molecule has 0 saturated heterocycles. The fraction of sp³-hybridized carbons (Fsp3) is 0.444. The van der Waals surface area contributed by atoms with E-state index in [-0.39, 0.29) is 23.2 Å². The van der Waals surface area contributed by atoms with Gasteiger partial charge in [-0.3, -0.25) is 9.59 Å². The average molecular weight is 918 g/mol. The molecule has 2 fully saturated rings. The predicted octanol–water partition coefficient (Wildman–Crippen LogP) is 9.89. The lowest BCUT2D eigenvalue weighted by atomic mass is 9.76. The van der Waals surface area contributed by atoms with Gasteiger partial charge in [0.15, 0.2) is 0 Å². The van der Waals surface area contributed by atoms with E-state index >= 15 is 0 Å². The SMILES string of the molecule is COc1ccc(Br)c(C[C@H]2C(=O)CC[C@@H](C)[C@@H]2[Si](C)(C)c2ccccc2)n1.[C-]#[N+]C1C[C@@H](C)[C@H]([Si](C)(C)c2ccccc2)[C@@H](Cc2nc(OC)ccc2Br)C1=O. The molecule has 2 heterocycles. The molecule has 7 atom stereocenters. The summed E-state index contributed by atoms with van der Waals surface area (Å²) in [5.41, 5.74) is 2.39. The van der Waals surface area contributed by atoms with Crippen LogP contribution in [0.1, 0.15) is 44.5 Å². The number of nitrogens with zero attached hydrogens (tertiary/aromatic N) is 3. The molecule has 2 aliphatic carbocycles. The first-order valence-corrected chi connectivity index (χ1v) is 27.3. The Morgan fingerprint density at radius 3 is 1.59 bits per heavy atom. The van der Waals surface area contributed by atoms with Gasteiger partial charge in [0.2, 0.25) is 17.5 Å². The van der Waals surface area contributed by atoms with Crippen LogP contribution >= 0.6 is 31.9 Å². The lowest BCUT2D eigenvalue weighted by Crippen LogP contribution is -2.56. The molecule has 0 aliphatic heterocycles. The highest BCUT2D eigenvalue weighted by Gasteiger charge is 2.52. The summed E-state index contributed by atoms with van der Waals surface area (Å²) in [7, 11) is -0.594. The molecule has 6 rings (SSSR count). The van der Waals surface area contributed by atoms with Crippen LogP contribution in [-0.2, 0) is 22.4 Å². The minimum absolute atomic E-state index is 0.0199. The second-order valence-electron chi connectivity index (χ2n) is 16.7. The maximum absolute atomic E-state index is 13.4. The molecule has 2 aromatic carbocycles. The Morgan fingerprint density at radius 2 is 1.14 bits per heavy atom. The van der Waals surface area contributed by atoms with Crippen molar-refractivity contribution in [1.82, 2.24) is 9.97 Å². The van der Waals surface area contributed by atoms with E-state index < -0.39 is 22.2 Å². The zero-order valence-electron chi connectivity index (χ0n) is 33.9. The van der Waals surface area contributed by atoms with E-state index in [9.17, 15) is 9.59 Å². The molecule has 0 N–H and O–H groups in total. The summed E-state index contributed by atoms with van der Waals surface area (Å²) in [4.78, 5) is 39.3. The topological polar surface area (TPSA) is 82.7 Å². The summed E-state index contributed by atoms with van der Waals surface area (Å²) in [6, 6.07) is 28.4. The van der Waals surface area contributed by atoms with Crippen LogP contribution in [0, 0.1) is 30.2 Å². The number of carbonyl (C=O) groups is 2. The molecule has 0 amide bonds. The van der Waals surface area contributed by atoms with E-state index in [4.69, 9.17) is 16.0 Å². The van der Waals surface area contributed by atoms with E-state index in [0.29, 0.717) is 60.6 Å². The molecule has 2 aliphatic rings. The van der Waals surface area contributed by atoms with Crippen LogP contribution in [0.3, 0.4) is 0 Å². The van der Waals surface area contributed by atoms with Gasteiger partial charge < -0.3 is 14.3 Å². The summed E-state index contributed by atoms with van der Waals surface area (Å²) >= 11 is 7.21. The number of ketones is 2. The Bertz CT molecular complexity index is 2030. The number of halogens is 2. The standard InChI is InChI=1S/C23H27BrN2O2Si.C22H28BrNO2Si/c1-15-13-20(25-2)22(27)17(14-19-18(24)11-12-21(26-19)28-3)23(15)29(4,5)16-9-7-6-8-10-16;1-15-10-12-20(25)17(14-19-18(23)11-13-21(24-19)26-2)22(15)27(3,4)16-8-6-5-7-9-16/h6-12,15,17,20,23H,13-14H2,1,3-5H3;5-9,11,13,15,17,22H,10,12,14H2,1-4H3/t15-,17+,20?,23+;15-,17+,22+/m11/s1. The van der Waals surface area contributed by atoms with E-state index in [1.807, 2.05) is 24.3 Å². The van der Waals surface area contributed by atoms with Gasteiger partial charge in [-0.25, -0.2) is 16.5 Å². The van der Waals surface area contributed by atoms with Crippen LogP contribution in [0.2, 0.25) is 37.3 Å². The van der Waals surface area contributed by atoms with E-state index in [0.717, 1.165) is 26.8 Å². The number of hydrogen-bond acceptors (Lipinski definition) is 6. The third kappa shape index (κ3) is 9.63. The second kappa shape index (κ2) is 18.9. The number of hydrogen-bond donors (Lipinski definition) is 0. The van der Waals surface area contributed by atoms with Gasteiger partial charge in [-0.1, -0.05) is 111 Å². The monoisotopic (exact) mass is 915 g/mol. The van der Waals surface area contributed by atoms with Crippen LogP contribution < -0.4 is 19.8 Å². The van der Waals surface area contributed by atoms with Crippen LogP contribution in [-0.4, -0.2) is 57.9 Å². The number of rotatable bonds is 10. The van der Waals surface area contributed by atoms with Gasteiger partial charge in [0.1, 0.15) is 5.78 Å². The van der Waals surface area contributed by atoms with Crippen LogP contribution in [0.15, 0.2) is 93.9 Å². The third-order valence-corrected chi connectivity index (χ3v) is 22.9. The van der Waals surface area contributed by atoms with Gasteiger partial charge in [0.25, 0.3) is 6.04 Å². The smallest absolute Gasteiger partial charge is 0.281 e. The molecular weight excluding hydrogens is 862 g/mol. The van der Waals surface area contributed by atoms with Crippen molar-refractivity contribution >= 4 is 69.9 Å². The molecule has 2 saturated carbocycles. The first-order chi connectivity index (χ1) is 26.6. The molecule has 0 radical (unpaired) electrons. The molecule has 2 aromatic heterocycles. The van der Waals surface area contributed by atoms with Gasteiger partial charge >= 0.3 is 0 Å². The Hall–Kier alpha value is -3.44. The average Bonchev–Trinajstić information content (AvgIpc) is 3.19. The first-order valence-electron chi connectivity index (χ1n) is 19.6. The summed E-state index contributed by atoms with van der Waals surface area (Å²) in [6.45, 7) is 21.6. The van der Waals surface area contributed by atoms with Gasteiger partial charge in [-0.2, -0.15) is 0 Å². The van der Waals surface area contributed by atoms with Gasteiger partial charge in [-0.05, 0) is 73.3 Å². The Morgan fingerprint density at radius 1 is 0.696 bits per heavy atom. The number of benzene rings is 2. The summed E-state index contributed by atoms with van der Waals surface area (Å²) < 4.78 is 12.4. The Balaban J connectivity index is 0.000000215. The fourth-order valence-electron chi connectivity index (χ4n) is 9.76. The highest BCUT2D eigenvalue weighted by Crippen LogP contribution is 2.47. The fourth-order valence-corrected chi connectivity index (χ4v) is 19.1. The molecule has 0 spiro atoms. The summed E-state index contributed by atoms with van der Waals surface area (Å²) in [6.07, 6.45) is 3.54. The summed E-state index contributed by atoms with van der Waals surface area (Å²) in [5.74, 6) is 2.27. The molecule has 296 valence electrons. The van der Waals surface area contributed by atoms with Gasteiger partial charge in [0.05, 0.1) is 41.8 Å². The van der Waals surface area contributed by atoms with Crippen LogP contribution in [0.5, 0.6) is 11.8 Å². The van der Waals surface area contributed by atoms with Gasteiger partial charge in [-0.15, -0.1) is 0 Å². The predicted molar refractivity (Wildman–Crippen MR) is 239 cm³/mol. The quantitative estimate of drug-likeness (QED) is 0.116. The van der Waals surface area contributed by atoms with Crippen molar-refractivity contribution < 1.29 is 19.1 Å². The first kappa shape index (κ1) is 43.7. The van der Waals surface area contributed by atoms with Crippen molar-refractivity contribution in [2.45, 2.75) is 89.3 Å². The third-order valence-electron chi connectivity index (χ3n) is 12.5. The largest absolute Gasteiger partial charge is 0.481 e. The van der Waals surface area contributed by atoms with E-state index in [2.05, 4.69) is 141 Å². The zero-order chi connectivity index (χ0) is 40.8. The number of aromatic nitrogens is 2. The number of ether oxygens (including phenoxy) is 2. The molecule has 1 unspecified atom stereocenters. The number of Topliss-reactive ketones (excluding diaryl/α,β-unsaturated/α-hetero) is 2. The number of methoxy groups -OCH3 is 2. The number of carbonyl (C=O) groups excluding carboxylic acids is 2. The van der Waals surface area contributed by atoms with E-state index in [1.54, 1.807) is 20.3 Å². The van der Waals surface area contributed by atoms with Crippen molar-refractivity contribution in [2.24, 2.45) is 23.7 Å². The maximum atomic E-state index is 13.4. The lowest BCUT2D eigenvalue weighted by Gasteiger charge is -2.44. The molecule has 4 aromatic rings. The molecular formula is C45H55Br2N3O4Si2. The Labute approximate surface area is 352 Å². The molecule has 11 heteroatoms. The minimum atomic E-state index is -1.98. The maximum Gasteiger partial charge on any atom is 0.281 e. The normalized spacial score (nSPS) is 24.1. The summed E-state index contributed by atoms with van der Waals surface area (Å²) in [5, 5.41) is 2.78. The number of pyridine rings is 2. The van der Waals surface area contributed by atoms with Crippen molar-refractivity contribution in [3.05, 3.63) is 117 Å². The van der Waals surface area contributed by atoms with Crippen LogP contribution in [0.4, 0.5) is 0 Å². The van der Waals surface area contributed by atoms with Crippen molar-refractivity contribution in [3.63, 3.8) is 0 Å². The molecule has 7 nitrogen and oxygen atoms in total. The van der Waals surface area contributed by atoms with Crippen molar-refractivity contribution in [2.75, 3.05) is 14.2 Å². The van der Waals surface area contributed by atoms with Crippen molar-refractivity contribution in [1.29, 1.82) is 0 Å². The highest BCUT2D eigenvalue weighted by atomic mass is 79.9. The van der Waals surface area contributed by atoms with Crippen LogP contribution in [0.25, 0.3) is 4.85 Å². The zero-order valence-corrected chi connectivity index (χ0v) is 39.1. The minimum Gasteiger partial charge on any atom is -0.481 e. The second-order valence-corrected chi connectivity index (χ2v) is 27.7. The van der Waals surface area contributed by atoms with Gasteiger partial charge in [0, 0.05) is 58.6 Å². The molecule has 56 heavy (non-hydrogen) atoms. The Kier molecular flexibility index (Phi) is 14.7. The highest BCUT2D eigenvalue weighted by molar-refractivity contribution is 9.10.